The lowest BCUT2D eigenvalue weighted by Gasteiger charge is -2.34. The molecule has 1 aliphatic rings. The third-order valence-corrected chi connectivity index (χ3v) is 6.04. The molecule has 7 heteroatoms. The minimum absolute atomic E-state index is 0.0438. The van der Waals surface area contributed by atoms with Gasteiger partial charge in [0.15, 0.2) is 0 Å². The van der Waals surface area contributed by atoms with Gasteiger partial charge in [-0.15, -0.1) is 0 Å². The van der Waals surface area contributed by atoms with Crippen LogP contribution in [0.3, 0.4) is 0 Å². The fourth-order valence-corrected chi connectivity index (χ4v) is 4.50. The molecule has 0 aliphatic carbocycles. The summed E-state index contributed by atoms with van der Waals surface area (Å²) < 4.78 is 16.9. The highest BCUT2D eigenvalue weighted by atomic mass is 19.1. The first-order chi connectivity index (χ1) is 15.4. The van der Waals surface area contributed by atoms with E-state index in [0.29, 0.717) is 24.3 Å². The molecule has 0 bridgehead atoms. The number of carboxylic acid groups (broad SMARTS) is 1. The molecule has 0 spiro atoms. The summed E-state index contributed by atoms with van der Waals surface area (Å²) in [4.78, 5) is 26.7. The molecule has 2 N–H and O–H groups in total. The normalized spacial score (nSPS) is 16.6. The van der Waals surface area contributed by atoms with Gasteiger partial charge in [-0.3, -0.25) is 4.79 Å². The number of halogens is 1. The molecule has 32 heavy (non-hydrogen) atoms. The Balaban J connectivity index is 1.84. The second-order valence-corrected chi connectivity index (χ2v) is 8.17. The van der Waals surface area contributed by atoms with Gasteiger partial charge in [-0.1, -0.05) is 36.4 Å². The van der Waals surface area contributed by atoms with E-state index < -0.39 is 22.8 Å². The summed E-state index contributed by atoms with van der Waals surface area (Å²) in [5.74, 6) is -1.87. The Morgan fingerprint density at radius 3 is 2.66 bits per heavy atom. The van der Waals surface area contributed by atoms with Gasteiger partial charge < -0.3 is 19.9 Å². The van der Waals surface area contributed by atoms with Crippen molar-refractivity contribution in [3.63, 3.8) is 0 Å². The number of aromatic carboxylic acids is 1. The van der Waals surface area contributed by atoms with Gasteiger partial charge in [-0.2, -0.15) is 0 Å². The first kappa shape index (κ1) is 20.2. The Kier molecular flexibility index (Phi) is 4.90. The number of hydrogen-bond donors (Lipinski definition) is 2. The molecule has 5 rings (SSSR count). The average Bonchev–Trinajstić information content (AvgIpc) is 2.79. The average molecular weight is 431 g/mol. The molecule has 4 aromatic rings. The van der Waals surface area contributed by atoms with Crippen molar-refractivity contribution in [3.8, 4) is 5.69 Å². The molecule has 0 saturated carbocycles. The number of aromatic nitrogens is 1. The molecule has 6 nitrogen and oxygen atoms in total. The molecule has 1 aliphatic heterocycles. The van der Waals surface area contributed by atoms with Gasteiger partial charge in [0, 0.05) is 42.6 Å². The summed E-state index contributed by atoms with van der Waals surface area (Å²) in [7, 11) is 0. The summed E-state index contributed by atoms with van der Waals surface area (Å²) in [6, 6.07) is 16.5. The van der Waals surface area contributed by atoms with Crippen molar-refractivity contribution in [1.82, 2.24) is 9.88 Å². The molecule has 1 atom stereocenters. The maximum absolute atomic E-state index is 15.2. The summed E-state index contributed by atoms with van der Waals surface area (Å²) in [6.07, 6.45) is 1.34. The van der Waals surface area contributed by atoms with Gasteiger partial charge in [0.2, 0.25) is 5.43 Å². The largest absolute Gasteiger partial charge is 0.477 e. The summed E-state index contributed by atoms with van der Waals surface area (Å²) in [5, 5.41) is 14.9. The van der Waals surface area contributed by atoms with Gasteiger partial charge in [0.25, 0.3) is 0 Å². The van der Waals surface area contributed by atoms with Gasteiger partial charge >= 0.3 is 5.97 Å². The predicted molar refractivity (Wildman–Crippen MR) is 124 cm³/mol. The number of piperazine rings is 1. The van der Waals surface area contributed by atoms with Crippen LogP contribution in [-0.2, 0) is 0 Å². The van der Waals surface area contributed by atoms with Crippen molar-refractivity contribution >= 4 is 33.3 Å². The Hall–Kier alpha value is -3.71. The van der Waals surface area contributed by atoms with Crippen LogP contribution in [0.15, 0.2) is 65.6 Å². The number of rotatable bonds is 3. The van der Waals surface area contributed by atoms with E-state index in [1.54, 1.807) is 10.6 Å². The van der Waals surface area contributed by atoms with E-state index in [2.05, 4.69) is 5.32 Å². The molecule has 162 valence electrons. The minimum atomic E-state index is -1.34. The third-order valence-electron chi connectivity index (χ3n) is 6.04. The number of nitrogens with one attached hydrogen (secondary N) is 1. The molecule has 1 fully saturated rings. The van der Waals surface area contributed by atoms with Gasteiger partial charge in [0.05, 0.1) is 16.9 Å². The molecular weight excluding hydrogens is 409 g/mol. The highest BCUT2D eigenvalue weighted by molar-refractivity contribution is 5.97. The number of fused-ring (bicyclic) bond motifs is 2. The SMILES string of the molecule is CC1CN(c2cc3c(cc2F)c(=O)c(C(=O)O)cn3-c2cccc3ccccc23)CCN1. The smallest absolute Gasteiger partial charge is 0.341 e. The molecular formula is C25H22FN3O3. The molecule has 1 aromatic heterocycles. The second-order valence-electron chi connectivity index (χ2n) is 8.17. The molecule has 0 radical (unpaired) electrons. The number of benzene rings is 3. The van der Waals surface area contributed by atoms with Crippen molar-refractivity contribution in [2.45, 2.75) is 13.0 Å². The van der Waals surface area contributed by atoms with Crippen molar-refractivity contribution in [3.05, 3.63) is 82.4 Å². The van der Waals surface area contributed by atoms with Crippen molar-refractivity contribution in [2.75, 3.05) is 24.5 Å². The van der Waals surface area contributed by atoms with Gasteiger partial charge in [-0.25, -0.2) is 9.18 Å². The highest BCUT2D eigenvalue weighted by Gasteiger charge is 2.23. The fourth-order valence-electron chi connectivity index (χ4n) is 4.50. The van der Waals surface area contributed by atoms with E-state index >= 15 is 4.39 Å². The van der Waals surface area contributed by atoms with Crippen LogP contribution in [0.1, 0.15) is 17.3 Å². The van der Waals surface area contributed by atoms with Crippen LogP contribution >= 0.6 is 0 Å². The van der Waals surface area contributed by atoms with Gasteiger partial charge in [-0.05, 0) is 30.5 Å². The molecule has 1 unspecified atom stereocenters. The highest BCUT2D eigenvalue weighted by Crippen LogP contribution is 2.30. The first-order valence-corrected chi connectivity index (χ1v) is 10.5. The minimum Gasteiger partial charge on any atom is -0.477 e. The summed E-state index contributed by atoms with van der Waals surface area (Å²) in [6.45, 7) is 4.04. The summed E-state index contributed by atoms with van der Waals surface area (Å²) in [5.41, 5.74) is 0.514. The number of anilines is 1. The molecule has 1 saturated heterocycles. The van der Waals surface area contributed by atoms with E-state index in [1.165, 1.54) is 12.3 Å². The number of carbonyl (C=O) groups is 1. The lowest BCUT2D eigenvalue weighted by molar-refractivity contribution is 0.0695. The lowest BCUT2D eigenvalue weighted by Crippen LogP contribution is -2.49. The maximum atomic E-state index is 15.2. The molecule has 2 heterocycles. The van der Waals surface area contributed by atoms with Crippen LogP contribution in [0, 0.1) is 5.82 Å². The standard InChI is InChI=1S/C25H22FN3O3/c1-15-13-28(10-9-27-15)23-12-22-18(11-20(23)26)24(30)19(25(31)32)14-29(22)21-8-4-6-16-5-2-3-7-17(16)21/h2-8,11-12,14-15,27H,9-10,13H2,1H3,(H,31,32). The van der Waals surface area contributed by atoms with E-state index in [4.69, 9.17) is 0 Å². The number of carboxylic acids is 1. The van der Waals surface area contributed by atoms with E-state index in [9.17, 15) is 14.7 Å². The third kappa shape index (κ3) is 3.31. The summed E-state index contributed by atoms with van der Waals surface area (Å²) >= 11 is 0. The molecule has 3 aromatic carbocycles. The van der Waals surface area contributed by atoms with Crippen molar-refractivity contribution in [2.24, 2.45) is 0 Å². The van der Waals surface area contributed by atoms with Crippen LogP contribution in [-0.4, -0.2) is 41.3 Å². The lowest BCUT2D eigenvalue weighted by atomic mass is 10.1. The Bertz CT molecular complexity index is 1420. The van der Waals surface area contributed by atoms with E-state index in [-0.39, 0.29) is 11.4 Å². The molecule has 0 amide bonds. The van der Waals surface area contributed by atoms with Crippen LogP contribution in [0.25, 0.3) is 27.4 Å². The van der Waals surface area contributed by atoms with Gasteiger partial charge in [0.1, 0.15) is 11.4 Å². The first-order valence-electron chi connectivity index (χ1n) is 10.5. The van der Waals surface area contributed by atoms with Crippen LogP contribution in [0.4, 0.5) is 10.1 Å². The fraction of sp³-hybridized carbons (Fsp3) is 0.200. The second kappa shape index (κ2) is 7.76. The van der Waals surface area contributed by atoms with Crippen LogP contribution in [0.2, 0.25) is 0 Å². The topological polar surface area (TPSA) is 74.6 Å². The zero-order chi connectivity index (χ0) is 22.4. The Morgan fingerprint density at radius 1 is 1.09 bits per heavy atom. The van der Waals surface area contributed by atoms with Crippen LogP contribution in [0.5, 0.6) is 0 Å². The number of nitrogens with zero attached hydrogens (tertiary/aromatic N) is 2. The predicted octanol–water partition coefficient (Wildman–Crippen LogP) is 3.78. The zero-order valence-corrected chi connectivity index (χ0v) is 17.5. The van der Waals surface area contributed by atoms with Crippen LogP contribution < -0.4 is 15.6 Å². The van der Waals surface area contributed by atoms with Crippen molar-refractivity contribution in [1.29, 1.82) is 0 Å². The van der Waals surface area contributed by atoms with E-state index in [0.717, 1.165) is 23.0 Å². The van der Waals surface area contributed by atoms with E-state index in [1.807, 2.05) is 54.3 Å². The monoisotopic (exact) mass is 431 g/mol. The maximum Gasteiger partial charge on any atom is 0.341 e. The quantitative estimate of drug-likeness (QED) is 0.517. The Labute approximate surface area is 183 Å². The van der Waals surface area contributed by atoms with Crippen molar-refractivity contribution < 1.29 is 14.3 Å². The zero-order valence-electron chi connectivity index (χ0n) is 17.5. The number of pyridine rings is 1. The Morgan fingerprint density at radius 2 is 1.88 bits per heavy atom. The number of hydrogen-bond acceptors (Lipinski definition) is 4.